The van der Waals surface area contributed by atoms with Crippen LogP contribution in [0.5, 0.6) is 0 Å². The summed E-state index contributed by atoms with van der Waals surface area (Å²) in [6.07, 6.45) is 0. The first-order valence-electron chi connectivity index (χ1n) is 4.55. The van der Waals surface area contributed by atoms with Crippen molar-refractivity contribution in [1.29, 1.82) is 0 Å². The van der Waals surface area contributed by atoms with Gasteiger partial charge in [-0.1, -0.05) is 6.07 Å². The molecular formula is C10H11N3O2. The topological polar surface area (TPSA) is 56.5 Å². The first-order chi connectivity index (χ1) is 7.15. The van der Waals surface area contributed by atoms with Gasteiger partial charge in [-0.2, -0.15) is 0 Å². The maximum atomic E-state index is 11.5. The summed E-state index contributed by atoms with van der Waals surface area (Å²) in [6.45, 7) is 3.72. The summed E-state index contributed by atoms with van der Waals surface area (Å²) < 4.78 is 6.39. The van der Waals surface area contributed by atoms with Gasteiger partial charge in [0.25, 0.3) is 0 Å². The van der Waals surface area contributed by atoms with Gasteiger partial charge in [-0.05, 0) is 25.5 Å². The van der Waals surface area contributed by atoms with Crippen LogP contribution >= 0.6 is 0 Å². The van der Waals surface area contributed by atoms with Crippen LogP contribution in [-0.2, 0) is 4.74 Å². The van der Waals surface area contributed by atoms with E-state index in [1.807, 2.05) is 13.0 Å². The molecule has 15 heavy (non-hydrogen) atoms. The Hall–Kier alpha value is -1.91. The lowest BCUT2D eigenvalue weighted by Crippen LogP contribution is -2.09. The zero-order valence-electron chi connectivity index (χ0n) is 8.81. The van der Waals surface area contributed by atoms with Gasteiger partial charge in [0.05, 0.1) is 7.11 Å². The van der Waals surface area contributed by atoms with Gasteiger partial charge in [-0.3, -0.25) is 4.40 Å². The zero-order valence-corrected chi connectivity index (χ0v) is 8.81. The predicted octanol–water partition coefficient (Wildman–Crippen LogP) is 1.13. The average molecular weight is 205 g/mol. The Morgan fingerprint density at radius 3 is 2.73 bits per heavy atom. The number of fused-ring (bicyclic) bond motifs is 1. The maximum Gasteiger partial charge on any atom is 0.355 e. The Kier molecular flexibility index (Phi) is 2.15. The fourth-order valence-corrected chi connectivity index (χ4v) is 1.52. The van der Waals surface area contributed by atoms with Gasteiger partial charge >= 0.3 is 5.97 Å². The van der Waals surface area contributed by atoms with Crippen molar-refractivity contribution in [2.75, 3.05) is 7.11 Å². The maximum absolute atomic E-state index is 11.5. The van der Waals surface area contributed by atoms with E-state index in [1.165, 1.54) is 7.11 Å². The molecule has 5 heteroatoms. The zero-order chi connectivity index (χ0) is 11.0. The molecule has 0 spiro atoms. The minimum Gasteiger partial charge on any atom is -0.464 e. The number of aryl methyl sites for hydroxylation is 2. The smallest absolute Gasteiger partial charge is 0.355 e. The van der Waals surface area contributed by atoms with Crippen LogP contribution in [0.15, 0.2) is 12.1 Å². The number of ether oxygens (including phenoxy) is 1. The predicted molar refractivity (Wildman–Crippen MR) is 53.8 cm³/mol. The number of hydrogen-bond donors (Lipinski definition) is 0. The largest absolute Gasteiger partial charge is 0.464 e. The molecule has 2 heterocycles. The van der Waals surface area contributed by atoms with Gasteiger partial charge in [-0.15, -0.1) is 10.2 Å². The van der Waals surface area contributed by atoms with Crippen molar-refractivity contribution in [3.05, 3.63) is 29.2 Å². The van der Waals surface area contributed by atoms with Crippen molar-refractivity contribution < 1.29 is 9.53 Å². The van der Waals surface area contributed by atoms with Crippen molar-refractivity contribution in [2.45, 2.75) is 13.8 Å². The molecule has 78 valence electrons. The molecule has 0 aliphatic heterocycles. The quantitative estimate of drug-likeness (QED) is 0.655. The highest BCUT2D eigenvalue weighted by molar-refractivity contribution is 5.88. The molecular weight excluding hydrogens is 194 g/mol. The molecule has 0 bridgehead atoms. The molecule has 0 aliphatic carbocycles. The molecule has 0 aromatic carbocycles. The minimum absolute atomic E-state index is 0.386. The molecule has 0 aliphatic rings. The van der Waals surface area contributed by atoms with E-state index in [4.69, 9.17) is 4.74 Å². The highest BCUT2D eigenvalue weighted by Gasteiger charge is 2.14. The van der Waals surface area contributed by atoms with Crippen molar-refractivity contribution >= 4 is 11.6 Å². The molecule has 0 saturated carbocycles. The SMILES string of the molecule is COC(=O)c1ccc(C)c2nnc(C)n12. The molecule has 0 fully saturated rings. The Bertz CT molecular complexity index is 531. The molecule has 0 amide bonds. The summed E-state index contributed by atoms with van der Waals surface area (Å²) in [7, 11) is 1.35. The molecule has 2 rings (SSSR count). The summed E-state index contributed by atoms with van der Waals surface area (Å²) in [6, 6.07) is 3.54. The summed E-state index contributed by atoms with van der Waals surface area (Å²) in [5.41, 5.74) is 2.11. The van der Waals surface area contributed by atoms with Gasteiger partial charge in [0.15, 0.2) is 5.65 Å². The van der Waals surface area contributed by atoms with Gasteiger partial charge in [0.1, 0.15) is 11.5 Å². The lowest BCUT2D eigenvalue weighted by Gasteiger charge is -2.05. The van der Waals surface area contributed by atoms with E-state index in [2.05, 4.69) is 10.2 Å². The van der Waals surface area contributed by atoms with Gasteiger partial charge < -0.3 is 4.74 Å². The van der Waals surface area contributed by atoms with E-state index in [-0.39, 0.29) is 5.97 Å². The standard InChI is InChI=1S/C10H11N3O2/c1-6-4-5-8(10(14)15-3)13-7(2)11-12-9(6)13/h4-5H,1-3H3. The van der Waals surface area contributed by atoms with Crippen molar-refractivity contribution in [3.8, 4) is 0 Å². The van der Waals surface area contributed by atoms with Crippen LogP contribution in [0.3, 0.4) is 0 Å². The number of carbonyl (C=O) groups excluding carboxylic acids is 1. The highest BCUT2D eigenvalue weighted by atomic mass is 16.5. The van der Waals surface area contributed by atoms with Crippen LogP contribution in [0, 0.1) is 13.8 Å². The average Bonchev–Trinajstić information content (AvgIpc) is 2.62. The number of hydrogen-bond acceptors (Lipinski definition) is 4. The number of esters is 1. The van der Waals surface area contributed by atoms with Crippen LogP contribution in [0.1, 0.15) is 21.9 Å². The fourth-order valence-electron chi connectivity index (χ4n) is 1.52. The number of methoxy groups -OCH3 is 1. The third kappa shape index (κ3) is 1.36. The van der Waals surface area contributed by atoms with Crippen LogP contribution < -0.4 is 0 Å². The fraction of sp³-hybridized carbons (Fsp3) is 0.300. The molecule has 0 radical (unpaired) electrons. The van der Waals surface area contributed by atoms with Gasteiger partial charge in [0.2, 0.25) is 0 Å². The Balaban J connectivity index is 2.81. The minimum atomic E-state index is -0.386. The Morgan fingerprint density at radius 1 is 1.33 bits per heavy atom. The summed E-state index contributed by atoms with van der Waals surface area (Å²) >= 11 is 0. The van der Waals surface area contributed by atoms with E-state index in [0.717, 1.165) is 5.56 Å². The monoisotopic (exact) mass is 205 g/mol. The van der Waals surface area contributed by atoms with Gasteiger partial charge in [0, 0.05) is 0 Å². The highest BCUT2D eigenvalue weighted by Crippen LogP contribution is 2.13. The Morgan fingerprint density at radius 2 is 2.07 bits per heavy atom. The van der Waals surface area contributed by atoms with Crippen LogP contribution in [0.25, 0.3) is 5.65 Å². The van der Waals surface area contributed by atoms with Crippen LogP contribution in [-0.4, -0.2) is 27.7 Å². The summed E-state index contributed by atoms with van der Waals surface area (Å²) in [4.78, 5) is 11.5. The van der Waals surface area contributed by atoms with Gasteiger partial charge in [-0.25, -0.2) is 4.79 Å². The first-order valence-corrected chi connectivity index (χ1v) is 4.55. The normalized spacial score (nSPS) is 10.6. The lowest BCUT2D eigenvalue weighted by atomic mass is 10.2. The number of carbonyl (C=O) groups is 1. The van der Waals surface area contributed by atoms with Crippen LogP contribution in [0.2, 0.25) is 0 Å². The van der Waals surface area contributed by atoms with E-state index in [9.17, 15) is 4.79 Å². The lowest BCUT2D eigenvalue weighted by molar-refractivity contribution is 0.0592. The molecule has 0 atom stereocenters. The molecule has 5 nitrogen and oxygen atoms in total. The molecule has 2 aromatic rings. The number of nitrogens with zero attached hydrogens (tertiary/aromatic N) is 3. The summed E-state index contributed by atoms with van der Waals surface area (Å²) in [5.74, 6) is 0.289. The first kappa shape index (κ1) is 9.64. The van der Waals surface area contributed by atoms with E-state index in [0.29, 0.717) is 17.2 Å². The van der Waals surface area contributed by atoms with Crippen LogP contribution in [0.4, 0.5) is 0 Å². The third-order valence-corrected chi connectivity index (χ3v) is 2.30. The van der Waals surface area contributed by atoms with E-state index >= 15 is 0 Å². The second-order valence-electron chi connectivity index (χ2n) is 3.30. The van der Waals surface area contributed by atoms with Crippen molar-refractivity contribution in [1.82, 2.24) is 14.6 Å². The number of rotatable bonds is 1. The molecule has 2 aromatic heterocycles. The second-order valence-corrected chi connectivity index (χ2v) is 3.30. The van der Waals surface area contributed by atoms with E-state index in [1.54, 1.807) is 17.4 Å². The summed E-state index contributed by atoms with van der Waals surface area (Å²) in [5, 5.41) is 7.94. The number of aromatic nitrogens is 3. The molecule has 0 unspecified atom stereocenters. The third-order valence-electron chi connectivity index (χ3n) is 2.30. The number of pyridine rings is 1. The Labute approximate surface area is 86.7 Å². The molecule has 0 N–H and O–H groups in total. The molecule has 0 saturated heterocycles. The second kappa shape index (κ2) is 3.34. The van der Waals surface area contributed by atoms with Crippen molar-refractivity contribution in [3.63, 3.8) is 0 Å². The van der Waals surface area contributed by atoms with Crippen molar-refractivity contribution in [2.24, 2.45) is 0 Å². The van der Waals surface area contributed by atoms with E-state index < -0.39 is 0 Å².